The minimum Gasteiger partial charge on any atom is -0.340 e. The zero-order valence-electron chi connectivity index (χ0n) is 19.6. The fourth-order valence-electron chi connectivity index (χ4n) is 4.08. The summed E-state index contributed by atoms with van der Waals surface area (Å²) < 4.78 is 1.76. The molecule has 1 unspecified atom stereocenters. The molecule has 36 heavy (non-hydrogen) atoms. The molecule has 1 atom stereocenters. The van der Waals surface area contributed by atoms with Gasteiger partial charge in [-0.1, -0.05) is 25.0 Å². The van der Waals surface area contributed by atoms with E-state index in [1.165, 1.54) is 17.5 Å². The summed E-state index contributed by atoms with van der Waals surface area (Å²) in [5.74, 6) is 6.60. The van der Waals surface area contributed by atoms with Crippen molar-refractivity contribution in [2.45, 2.75) is 25.7 Å². The molecule has 1 aliphatic rings. The van der Waals surface area contributed by atoms with Gasteiger partial charge in [0.25, 0.3) is 5.91 Å². The van der Waals surface area contributed by atoms with Crippen LogP contribution in [-0.4, -0.2) is 30.5 Å². The second-order valence-electron chi connectivity index (χ2n) is 8.94. The van der Waals surface area contributed by atoms with Crippen LogP contribution in [0.2, 0.25) is 0 Å². The Kier molecular flexibility index (Phi) is 5.51. The molecule has 8 nitrogen and oxygen atoms in total. The van der Waals surface area contributed by atoms with Gasteiger partial charge in [0.05, 0.1) is 5.52 Å². The first-order chi connectivity index (χ1) is 17.6. The summed E-state index contributed by atoms with van der Waals surface area (Å²) in [4.78, 5) is 25.2. The van der Waals surface area contributed by atoms with Gasteiger partial charge in [0, 0.05) is 34.8 Å². The molecule has 0 aliphatic heterocycles. The van der Waals surface area contributed by atoms with Crippen LogP contribution in [0.4, 0.5) is 17.2 Å². The van der Waals surface area contributed by atoms with E-state index in [1.54, 1.807) is 10.8 Å². The fraction of sp³-hybridized carbons (Fsp3) is 0.179. The number of nitrogens with one attached hydrogen (secondary N) is 2. The van der Waals surface area contributed by atoms with Crippen molar-refractivity contribution < 1.29 is 4.79 Å². The highest BCUT2D eigenvalue weighted by atomic mass is 16.1. The molecule has 3 aromatic heterocycles. The third-order valence-electron chi connectivity index (χ3n) is 6.34. The average Bonchev–Trinajstić information content (AvgIpc) is 3.62. The van der Waals surface area contributed by atoms with Crippen LogP contribution in [0.1, 0.15) is 36.8 Å². The second kappa shape index (κ2) is 9.12. The standard InChI is InChI=1S/C28H23N7O/c1-18(21-12-13-35-26(14-21)30-17-32-35)20-5-7-22(8-6-20)34-28-24-15-23(9-10-25(24)29-16-31-28)33-27(36)11-4-19-2-3-19/h5-10,12-19H,2-3H2,1H3,(H,33,36)(H,29,31,34). The Hall–Kier alpha value is -4.77. The van der Waals surface area contributed by atoms with E-state index in [2.05, 4.69) is 73.7 Å². The number of hydrogen-bond donors (Lipinski definition) is 2. The van der Waals surface area contributed by atoms with Crippen LogP contribution < -0.4 is 10.6 Å². The molecule has 0 bridgehead atoms. The molecular formula is C28H23N7O. The van der Waals surface area contributed by atoms with Crippen molar-refractivity contribution in [2.75, 3.05) is 10.6 Å². The lowest BCUT2D eigenvalue weighted by Gasteiger charge is -2.14. The van der Waals surface area contributed by atoms with Crippen LogP contribution >= 0.6 is 0 Å². The number of fused-ring (bicyclic) bond motifs is 2. The van der Waals surface area contributed by atoms with Gasteiger partial charge in [-0.2, -0.15) is 5.10 Å². The number of hydrogen-bond acceptors (Lipinski definition) is 6. The number of carbonyl (C=O) groups excluding carboxylic acids is 1. The summed E-state index contributed by atoms with van der Waals surface area (Å²) >= 11 is 0. The Labute approximate surface area is 207 Å². The molecule has 0 saturated heterocycles. The highest BCUT2D eigenvalue weighted by molar-refractivity contribution is 6.05. The molecule has 6 rings (SSSR count). The second-order valence-corrected chi connectivity index (χ2v) is 8.94. The zero-order valence-corrected chi connectivity index (χ0v) is 19.6. The maximum atomic E-state index is 12.2. The first-order valence-corrected chi connectivity index (χ1v) is 11.9. The summed E-state index contributed by atoms with van der Waals surface area (Å²) in [7, 11) is 0. The van der Waals surface area contributed by atoms with E-state index in [0.29, 0.717) is 17.4 Å². The molecule has 8 heteroatoms. The number of anilines is 3. The van der Waals surface area contributed by atoms with Crippen molar-refractivity contribution in [2.24, 2.45) is 5.92 Å². The highest BCUT2D eigenvalue weighted by Crippen LogP contribution is 2.29. The molecule has 3 heterocycles. The van der Waals surface area contributed by atoms with Crippen molar-refractivity contribution >= 4 is 39.6 Å². The molecule has 5 aromatic rings. The minimum absolute atomic E-state index is 0.204. The first kappa shape index (κ1) is 21.7. The molecule has 2 N–H and O–H groups in total. The van der Waals surface area contributed by atoms with Crippen LogP contribution in [0.15, 0.2) is 73.4 Å². The smallest absolute Gasteiger partial charge is 0.300 e. The summed E-state index contributed by atoms with van der Waals surface area (Å²) in [6.07, 6.45) is 7.19. The van der Waals surface area contributed by atoms with Gasteiger partial charge in [0.2, 0.25) is 0 Å². The Morgan fingerprint density at radius 1 is 0.972 bits per heavy atom. The van der Waals surface area contributed by atoms with Crippen molar-refractivity contribution in [3.8, 4) is 11.8 Å². The Bertz CT molecular complexity index is 1640. The van der Waals surface area contributed by atoms with E-state index in [-0.39, 0.29) is 11.8 Å². The van der Waals surface area contributed by atoms with Gasteiger partial charge in [0.1, 0.15) is 18.5 Å². The molecule has 0 radical (unpaired) electrons. The van der Waals surface area contributed by atoms with Gasteiger partial charge < -0.3 is 10.6 Å². The third-order valence-corrected chi connectivity index (χ3v) is 6.34. The molecule has 1 saturated carbocycles. The lowest BCUT2D eigenvalue weighted by Crippen LogP contribution is -2.08. The van der Waals surface area contributed by atoms with Gasteiger partial charge in [0.15, 0.2) is 5.65 Å². The van der Waals surface area contributed by atoms with E-state index in [4.69, 9.17) is 0 Å². The number of aromatic nitrogens is 5. The molecular weight excluding hydrogens is 450 g/mol. The maximum Gasteiger partial charge on any atom is 0.300 e. The minimum atomic E-state index is -0.305. The van der Waals surface area contributed by atoms with Gasteiger partial charge in [-0.25, -0.2) is 19.5 Å². The van der Waals surface area contributed by atoms with Crippen molar-refractivity contribution in [3.63, 3.8) is 0 Å². The van der Waals surface area contributed by atoms with Gasteiger partial charge in [-0.05, 0) is 72.4 Å². The van der Waals surface area contributed by atoms with Crippen molar-refractivity contribution in [3.05, 3.63) is 84.6 Å². The first-order valence-electron chi connectivity index (χ1n) is 11.9. The van der Waals surface area contributed by atoms with Crippen LogP contribution in [-0.2, 0) is 4.79 Å². The Morgan fingerprint density at radius 2 is 1.81 bits per heavy atom. The van der Waals surface area contributed by atoms with Gasteiger partial charge in [-0.15, -0.1) is 0 Å². The number of nitrogens with zero attached hydrogens (tertiary/aromatic N) is 5. The van der Waals surface area contributed by atoms with Crippen LogP contribution in [0, 0.1) is 17.8 Å². The molecule has 1 amide bonds. The predicted molar refractivity (Wildman–Crippen MR) is 139 cm³/mol. The number of carbonyl (C=O) groups is 1. The Balaban J connectivity index is 1.21. The largest absolute Gasteiger partial charge is 0.340 e. The lowest BCUT2D eigenvalue weighted by molar-refractivity contribution is -0.111. The number of rotatable bonds is 5. The van der Waals surface area contributed by atoms with Gasteiger partial charge >= 0.3 is 0 Å². The van der Waals surface area contributed by atoms with Crippen LogP contribution in [0.25, 0.3) is 16.6 Å². The molecule has 1 aliphatic carbocycles. The van der Waals surface area contributed by atoms with E-state index >= 15 is 0 Å². The van der Waals surface area contributed by atoms with Crippen LogP contribution in [0.3, 0.4) is 0 Å². The quantitative estimate of drug-likeness (QED) is 0.352. The number of benzene rings is 2. The van der Waals surface area contributed by atoms with E-state index in [0.717, 1.165) is 35.1 Å². The predicted octanol–water partition coefficient (Wildman–Crippen LogP) is 4.92. The summed E-state index contributed by atoms with van der Waals surface area (Å²) in [6, 6.07) is 18.0. The van der Waals surface area contributed by atoms with E-state index < -0.39 is 0 Å². The summed E-state index contributed by atoms with van der Waals surface area (Å²) in [5.41, 5.74) is 5.54. The summed E-state index contributed by atoms with van der Waals surface area (Å²) in [5, 5.41) is 11.2. The van der Waals surface area contributed by atoms with Crippen molar-refractivity contribution in [1.29, 1.82) is 0 Å². The SMILES string of the molecule is CC(c1ccc(Nc2ncnc3ccc(NC(=O)C#CC4CC4)cc23)cc1)c1ccn2ncnc2c1. The summed E-state index contributed by atoms with van der Waals surface area (Å²) in [6.45, 7) is 2.17. The normalized spacial score (nSPS) is 13.7. The topological polar surface area (TPSA) is 97.1 Å². The fourth-order valence-corrected chi connectivity index (χ4v) is 4.08. The average molecular weight is 474 g/mol. The van der Waals surface area contributed by atoms with Crippen LogP contribution in [0.5, 0.6) is 0 Å². The molecule has 1 fully saturated rings. The highest BCUT2D eigenvalue weighted by Gasteiger charge is 2.18. The number of amides is 1. The lowest BCUT2D eigenvalue weighted by atomic mass is 9.94. The van der Waals surface area contributed by atoms with Crippen molar-refractivity contribution in [1.82, 2.24) is 24.6 Å². The van der Waals surface area contributed by atoms with E-state index in [1.807, 2.05) is 36.5 Å². The monoisotopic (exact) mass is 473 g/mol. The molecule has 2 aromatic carbocycles. The molecule has 176 valence electrons. The number of pyridine rings is 1. The maximum absolute atomic E-state index is 12.2. The molecule has 0 spiro atoms. The zero-order chi connectivity index (χ0) is 24.5. The van der Waals surface area contributed by atoms with E-state index in [9.17, 15) is 4.79 Å². The third kappa shape index (κ3) is 4.59. The Morgan fingerprint density at radius 3 is 2.64 bits per heavy atom. The van der Waals surface area contributed by atoms with Gasteiger partial charge in [-0.3, -0.25) is 4.79 Å².